The van der Waals surface area contributed by atoms with E-state index in [4.69, 9.17) is 4.74 Å². The van der Waals surface area contributed by atoms with Crippen molar-refractivity contribution in [2.75, 3.05) is 13.6 Å². The molecule has 154 valence electrons. The van der Waals surface area contributed by atoms with Crippen LogP contribution in [-0.2, 0) is 31.0 Å². The largest absolute Gasteiger partial charge is 0.372 e. The van der Waals surface area contributed by atoms with Crippen LogP contribution in [0.3, 0.4) is 0 Å². The van der Waals surface area contributed by atoms with Crippen LogP contribution in [0.4, 0.5) is 0 Å². The third-order valence-corrected chi connectivity index (χ3v) is 4.42. The maximum Gasteiger partial charge on any atom is 0.191 e. The van der Waals surface area contributed by atoms with Gasteiger partial charge in [-0.3, -0.25) is 4.99 Å². The minimum Gasteiger partial charge on any atom is -0.372 e. The first-order valence-electron chi connectivity index (χ1n) is 9.58. The van der Waals surface area contributed by atoms with Gasteiger partial charge in [-0.15, -0.1) is 24.0 Å². The average molecular weight is 504 g/mol. The van der Waals surface area contributed by atoms with E-state index in [9.17, 15) is 0 Å². The van der Waals surface area contributed by atoms with Gasteiger partial charge in [-0.1, -0.05) is 54.6 Å². The van der Waals surface area contributed by atoms with E-state index in [-0.39, 0.29) is 24.0 Å². The summed E-state index contributed by atoms with van der Waals surface area (Å²) in [5.74, 6) is 0.808. The van der Waals surface area contributed by atoms with E-state index in [2.05, 4.69) is 69.0 Å². The summed E-state index contributed by atoms with van der Waals surface area (Å²) in [6, 6.07) is 22.8. The summed E-state index contributed by atoms with van der Waals surface area (Å²) in [5, 5.41) is 6.68. The summed E-state index contributed by atoms with van der Waals surface area (Å²) in [6.45, 7) is 3.71. The fourth-order valence-electron chi connectivity index (χ4n) is 2.84. The van der Waals surface area contributed by atoms with Gasteiger partial charge in [0.2, 0.25) is 0 Å². The molecule has 3 rings (SSSR count). The van der Waals surface area contributed by atoms with Crippen LogP contribution in [0.25, 0.3) is 0 Å². The Morgan fingerprint density at radius 1 is 0.828 bits per heavy atom. The second-order valence-corrected chi connectivity index (χ2v) is 6.57. The number of halogens is 1. The van der Waals surface area contributed by atoms with Crippen molar-refractivity contribution < 1.29 is 4.74 Å². The molecule has 2 aromatic carbocycles. The Morgan fingerprint density at radius 3 is 2.10 bits per heavy atom. The molecule has 0 saturated carbocycles. The molecule has 2 N–H and O–H groups in total. The number of aromatic nitrogens is 1. The van der Waals surface area contributed by atoms with Crippen LogP contribution in [0.5, 0.6) is 0 Å². The second kappa shape index (κ2) is 13.0. The van der Waals surface area contributed by atoms with Crippen molar-refractivity contribution in [3.05, 3.63) is 95.8 Å². The highest BCUT2D eigenvalue weighted by Crippen LogP contribution is 2.08. The van der Waals surface area contributed by atoms with Gasteiger partial charge >= 0.3 is 0 Å². The Morgan fingerprint density at radius 2 is 1.45 bits per heavy atom. The van der Waals surface area contributed by atoms with Gasteiger partial charge in [0.15, 0.2) is 5.96 Å². The maximum absolute atomic E-state index is 5.79. The molecule has 0 aliphatic carbocycles. The van der Waals surface area contributed by atoms with Crippen molar-refractivity contribution in [3.8, 4) is 0 Å². The molecule has 0 fully saturated rings. The molecular formula is C23H29IN4O. The molecule has 0 bridgehead atoms. The van der Waals surface area contributed by atoms with Crippen molar-refractivity contribution in [2.24, 2.45) is 4.99 Å². The molecule has 3 aromatic rings. The number of benzene rings is 2. The molecule has 0 unspecified atom stereocenters. The zero-order valence-electron chi connectivity index (χ0n) is 16.8. The monoisotopic (exact) mass is 504 g/mol. The summed E-state index contributed by atoms with van der Waals surface area (Å²) >= 11 is 0. The first-order chi connectivity index (χ1) is 13.8. The van der Waals surface area contributed by atoms with Crippen LogP contribution >= 0.6 is 24.0 Å². The van der Waals surface area contributed by atoms with Gasteiger partial charge in [0.25, 0.3) is 0 Å². The van der Waals surface area contributed by atoms with Crippen LogP contribution in [0, 0.1) is 0 Å². The lowest BCUT2D eigenvalue weighted by atomic mass is 10.1. The van der Waals surface area contributed by atoms with E-state index < -0.39 is 0 Å². The molecule has 29 heavy (non-hydrogen) atoms. The Bertz CT molecular complexity index is 833. The summed E-state index contributed by atoms with van der Waals surface area (Å²) < 4.78 is 7.93. The number of nitrogens with zero attached hydrogens (tertiary/aromatic N) is 2. The van der Waals surface area contributed by atoms with E-state index in [1.807, 2.05) is 30.3 Å². The summed E-state index contributed by atoms with van der Waals surface area (Å²) in [7, 11) is 1.79. The molecule has 5 nitrogen and oxygen atoms in total. The van der Waals surface area contributed by atoms with Crippen molar-refractivity contribution >= 4 is 29.9 Å². The zero-order chi connectivity index (χ0) is 19.4. The SMILES string of the molecule is CN=C(NCCn1cccc1)NCc1ccc(COCc2ccccc2)cc1.I. The predicted molar refractivity (Wildman–Crippen MR) is 129 cm³/mol. The van der Waals surface area contributed by atoms with E-state index in [0.29, 0.717) is 13.2 Å². The minimum atomic E-state index is 0. The van der Waals surface area contributed by atoms with Gasteiger partial charge in [0.1, 0.15) is 0 Å². The summed E-state index contributed by atoms with van der Waals surface area (Å²) in [6.07, 6.45) is 4.12. The number of aliphatic imine (C=N–C) groups is 1. The number of guanidine groups is 1. The third kappa shape index (κ3) is 8.29. The molecule has 1 heterocycles. The van der Waals surface area contributed by atoms with E-state index >= 15 is 0 Å². The highest BCUT2D eigenvalue weighted by molar-refractivity contribution is 14.0. The quantitative estimate of drug-likeness (QED) is 0.261. The van der Waals surface area contributed by atoms with Gasteiger partial charge in [0.05, 0.1) is 13.2 Å². The van der Waals surface area contributed by atoms with Crippen LogP contribution in [0.2, 0.25) is 0 Å². The molecule has 0 saturated heterocycles. The Kier molecular flexibility index (Phi) is 10.3. The molecule has 0 spiro atoms. The fourth-order valence-corrected chi connectivity index (χ4v) is 2.84. The number of hydrogen-bond acceptors (Lipinski definition) is 2. The van der Waals surface area contributed by atoms with Gasteiger partial charge in [-0.25, -0.2) is 0 Å². The Hall–Kier alpha value is -2.32. The number of ether oxygens (including phenoxy) is 1. The fraction of sp³-hybridized carbons (Fsp3) is 0.261. The standard InChI is InChI=1S/C23H28N4O.HI/c1-24-23(25-13-16-27-14-5-6-15-27)26-17-20-9-11-22(12-10-20)19-28-18-21-7-3-2-4-8-21;/h2-12,14-15H,13,16-19H2,1H3,(H2,24,25,26);1H. The van der Waals surface area contributed by atoms with E-state index in [1.54, 1.807) is 7.05 Å². The number of rotatable bonds is 9. The highest BCUT2D eigenvalue weighted by atomic mass is 127. The third-order valence-electron chi connectivity index (χ3n) is 4.42. The van der Waals surface area contributed by atoms with Gasteiger partial charge < -0.3 is 19.9 Å². The van der Waals surface area contributed by atoms with Crippen LogP contribution in [0.15, 0.2) is 84.1 Å². The molecule has 0 aliphatic rings. The molecule has 0 atom stereocenters. The van der Waals surface area contributed by atoms with Crippen LogP contribution in [-0.4, -0.2) is 24.1 Å². The minimum absolute atomic E-state index is 0. The van der Waals surface area contributed by atoms with Crippen molar-refractivity contribution in [2.45, 2.75) is 26.3 Å². The summed E-state index contributed by atoms with van der Waals surface area (Å²) in [4.78, 5) is 4.27. The lowest BCUT2D eigenvalue weighted by Crippen LogP contribution is -2.38. The second-order valence-electron chi connectivity index (χ2n) is 6.57. The van der Waals surface area contributed by atoms with E-state index in [1.165, 1.54) is 16.7 Å². The van der Waals surface area contributed by atoms with Crippen molar-refractivity contribution in [1.29, 1.82) is 0 Å². The molecule has 0 amide bonds. The molecule has 6 heteroatoms. The average Bonchev–Trinajstić information content (AvgIpc) is 3.26. The molecule has 0 aliphatic heterocycles. The van der Waals surface area contributed by atoms with Crippen LogP contribution < -0.4 is 10.6 Å². The predicted octanol–water partition coefficient (Wildman–Crippen LogP) is 4.19. The lowest BCUT2D eigenvalue weighted by molar-refractivity contribution is 0.107. The maximum atomic E-state index is 5.79. The van der Waals surface area contributed by atoms with E-state index in [0.717, 1.165) is 25.6 Å². The Labute approximate surface area is 190 Å². The lowest BCUT2D eigenvalue weighted by Gasteiger charge is -2.12. The molecule has 1 aromatic heterocycles. The first-order valence-corrected chi connectivity index (χ1v) is 9.58. The Balaban J connectivity index is 0.00000300. The number of hydrogen-bond donors (Lipinski definition) is 2. The first kappa shape index (κ1) is 23.0. The topological polar surface area (TPSA) is 50.6 Å². The van der Waals surface area contributed by atoms with Crippen molar-refractivity contribution in [1.82, 2.24) is 15.2 Å². The molecular weight excluding hydrogens is 475 g/mol. The van der Waals surface area contributed by atoms with Crippen LogP contribution in [0.1, 0.15) is 16.7 Å². The highest BCUT2D eigenvalue weighted by Gasteiger charge is 2.00. The zero-order valence-corrected chi connectivity index (χ0v) is 19.1. The summed E-state index contributed by atoms with van der Waals surface area (Å²) in [5.41, 5.74) is 3.58. The smallest absolute Gasteiger partial charge is 0.191 e. The normalized spacial score (nSPS) is 11.0. The van der Waals surface area contributed by atoms with Gasteiger partial charge in [-0.2, -0.15) is 0 Å². The van der Waals surface area contributed by atoms with Gasteiger partial charge in [0, 0.05) is 39.1 Å². The molecule has 0 radical (unpaired) electrons. The number of nitrogens with one attached hydrogen (secondary N) is 2. The van der Waals surface area contributed by atoms with Crippen molar-refractivity contribution in [3.63, 3.8) is 0 Å². The van der Waals surface area contributed by atoms with Gasteiger partial charge in [-0.05, 0) is 28.8 Å².